The molecule has 8 heteroatoms. The van der Waals surface area contributed by atoms with E-state index in [4.69, 9.17) is 11.6 Å². The van der Waals surface area contributed by atoms with E-state index in [1.54, 1.807) is 14.0 Å². The van der Waals surface area contributed by atoms with Crippen molar-refractivity contribution in [3.63, 3.8) is 0 Å². The first-order chi connectivity index (χ1) is 9.91. The second-order valence-corrected chi connectivity index (χ2v) is 5.41. The van der Waals surface area contributed by atoms with E-state index in [0.29, 0.717) is 15.9 Å². The summed E-state index contributed by atoms with van der Waals surface area (Å²) in [7, 11) is 1.64. The minimum Gasteiger partial charge on any atom is -0.266 e. The maximum absolute atomic E-state index is 13.5. The van der Waals surface area contributed by atoms with Gasteiger partial charge in [0.05, 0.1) is 21.4 Å². The van der Waals surface area contributed by atoms with Crippen molar-refractivity contribution >= 4 is 39.7 Å². The van der Waals surface area contributed by atoms with E-state index >= 15 is 0 Å². The fourth-order valence-corrected chi connectivity index (χ4v) is 2.45. The second-order valence-electron chi connectivity index (χ2n) is 4.21. The molecular weight excluding hydrogens is 363 g/mol. The molecular formula is C13H11BrClFN4O. The summed E-state index contributed by atoms with van der Waals surface area (Å²) in [6.45, 7) is 1.77. The molecule has 1 heterocycles. The lowest BCUT2D eigenvalue weighted by Crippen LogP contribution is -2.21. The van der Waals surface area contributed by atoms with Crippen molar-refractivity contribution < 1.29 is 9.18 Å². The Morgan fingerprint density at radius 3 is 2.86 bits per heavy atom. The Morgan fingerprint density at radius 1 is 1.57 bits per heavy atom. The van der Waals surface area contributed by atoms with Gasteiger partial charge in [-0.25, -0.2) is 9.82 Å². The van der Waals surface area contributed by atoms with Crippen LogP contribution in [0.5, 0.6) is 0 Å². The maximum Gasteiger partial charge on any atom is 0.290 e. The second kappa shape index (κ2) is 6.36. The number of carbonyl (C=O) groups is 1. The summed E-state index contributed by atoms with van der Waals surface area (Å²) in [5.74, 6) is -0.980. The molecule has 1 aromatic carbocycles. The van der Waals surface area contributed by atoms with Gasteiger partial charge in [-0.3, -0.25) is 9.48 Å². The number of nitrogens with zero attached hydrogens (tertiary/aromatic N) is 3. The van der Waals surface area contributed by atoms with Gasteiger partial charge in [-0.05, 0) is 35.0 Å². The standard InChI is InChI=1S/C13H11BrClFN4O/c1-7-11(14)12(20(2)19-7)13(21)18-17-6-8-9(15)4-3-5-10(8)16/h3-6H,1-2H3,(H,18,21)/b17-6-. The van der Waals surface area contributed by atoms with Crippen molar-refractivity contribution in [2.45, 2.75) is 6.92 Å². The monoisotopic (exact) mass is 372 g/mol. The molecule has 0 saturated heterocycles. The van der Waals surface area contributed by atoms with Crippen molar-refractivity contribution in [3.05, 3.63) is 50.5 Å². The summed E-state index contributed by atoms with van der Waals surface area (Å²) >= 11 is 9.13. The number of carbonyl (C=O) groups excluding carboxylic acids is 1. The number of amides is 1. The summed E-state index contributed by atoms with van der Waals surface area (Å²) in [6, 6.07) is 4.29. The van der Waals surface area contributed by atoms with E-state index < -0.39 is 11.7 Å². The van der Waals surface area contributed by atoms with Gasteiger partial charge in [0.2, 0.25) is 0 Å². The van der Waals surface area contributed by atoms with Crippen LogP contribution in [0.1, 0.15) is 21.7 Å². The molecule has 110 valence electrons. The molecule has 2 aromatic rings. The summed E-state index contributed by atoms with van der Waals surface area (Å²) < 4.78 is 15.5. The fourth-order valence-electron chi connectivity index (χ4n) is 1.72. The molecule has 0 fully saturated rings. The molecule has 21 heavy (non-hydrogen) atoms. The topological polar surface area (TPSA) is 59.3 Å². The third kappa shape index (κ3) is 3.30. The molecule has 0 aliphatic carbocycles. The van der Waals surface area contributed by atoms with Crippen LogP contribution in [0.4, 0.5) is 4.39 Å². The van der Waals surface area contributed by atoms with Crippen molar-refractivity contribution in [2.75, 3.05) is 0 Å². The van der Waals surface area contributed by atoms with Crippen LogP contribution in [-0.4, -0.2) is 21.9 Å². The molecule has 0 aliphatic heterocycles. The zero-order valence-corrected chi connectivity index (χ0v) is 13.5. The van der Waals surface area contributed by atoms with Crippen molar-refractivity contribution in [1.82, 2.24) is 15.2 Å². The van der Waals surface area contributed by atoms with E-state index in [1.807, 2.05) is 0 Å². The highest BCUT2D eigenvalue weighted by molar-refractivity contribution is 9.10. The van der Waals surface area contributed by atoms with Gasteiger partial charge in [-0.15, -0.1) is 0 Å². The largest absolute Gasteiger partial charge is 0.290 e. The van der Waals surface area contributed by atoms with E-state index in [1.165, 1.54) is 22.9 Å². The molecule has 0 unspecified atom stereocenters. The molecule has 0 saturated carbocycles. The minimum atomic E-state index is -0.516. The van der Waals surface area contributed by atoms with Crippen LogP contribution in [-0.2, 0) is 7.05 Å². The molecule has 0 bridgehead atoms. The fraction of sp³-hybridized carbons (Fsp3) is 0.154. The highest BCUT2D eigenvalue weighted by Gasteiger charge is 2.17. The van der Waals surface area contributed by atoms with Crippen molar-refractivity contribution in [1.29, 1.82) is 0 Å². The number of hydrogen-bond acceptors (Lipinski definition) is 3. The van der Waals surface area contributed by atoms with Gasteiger partial charge in [0.15, 0.2) is 0 Å². The molecule has 2 rings (SSSR count). The first-order valence-electron chi connectivity index (χ1n) is 5.88. The molecule has 1 N–H and O–H groups in total. The maximum atomic E-state index is 13.5. The van der Waals surface area contributed by atoms with Gasteiger partial charge in [0.1, 0.15) is 11.5 Å². The number of aromatic nitrogens is 2. The first kappa shape index (κ1) is 15.7. The Hall–Kier alpha value is -1.73. The molecule has 0 aliphatic rings. The first-order valence-corrected chi connectivity index (χ1v) is 7.05. The number of hydrazone groups is 1. The van der Waals surface area contributed by atoms with Crippen LogP contribution in [0.3, 0.4) is 0 Å². The van der Waals surface area contributed by atoms with E-state index in [-0.39, 0.29) is 10.6 Å². The third-order valence-corrected chi connectivity index (χ3v) is 4.00. The highest BCUT2D eigenvalue weighted by atomic mass is 79.9. The Bertz CT molecular complexity index is 709. The SMILES string of the molecule is Cc1nn(C)c(C(=O)N/N=C\c2c(F)cccc2Cl)c1Br. The zero-order valence-electron chi connectivity index (χ0n) is 11.2. The van der Waals surface area contributed by atoms with E-state index in [9.17, 15) is 9.18 Å². The average Bonchev–Trinajstić information content (AvgIpc) is 2.66. The number of hydrogen-bond donors (Lipinski definition) is 1. The number of rotatable bonds is 3. The minimum absolute atomic E-state index is 0.111. The number of halogens is 3. The van der Waals surface area contributed by atoms with Gasteiger partial charge in [0.25, 0.3) is 5.91 Å². The Balaban J connectivity index is 2.16. The van der Waals surface area contributed by atoms with Gasteiger partial charge in [-0.2, -0.15) is 10.2 Å². The summed E-state index contributed by atoms with van der Waals surface area (Å²) in [6.07, 6.45) is 1.16. The van der Waals surface area contributed by atoms with E-state index in [0.717, 1.165) is 6.21 Å². The summed E-state index contributed by atoms with van der Waals surface area (Å²) in [5, 5.41) is 8.04. The smallest absolute Gasteiger partial charge is 0.266 e. The van der Waals surface area contributed by atoms with Gasteiger partial charge in [0, 0.05) is 12.6 Å². The predicted octanol–water partition coefficient (Wildman–Crippen LogP) is 3.05. The van der Waals surface area contributed by atoms with Crippen molar-refractivity contribution in [3.8, 4) is 0 Å². The molecule has 0 spiro atoms. The Morgan fingerprint density at radius 2 is 2.29 bits per heavy atom. The van der Waals surface area contributed by atoms with Crippen molar-refractivity contribution in [2.24, 2.45) is 12.1 Å². The number of aryl methyl sites for hydroxylation is 2. The van der Waals surface area contributed by atoms with E-state index in [2.05, 4.69) is 31.6 Å². The molecule has 5 nitrogen and oxygen atoms in total. The van der Waals surface area contributed by atoms with Gasteiger partial charge >= 0.3 is 0 Å². The van der Waals surface area contributed by atoms with Crippen LogP contribution >= 0.6 is 27.5 Å². The van der Waals surface area contributed by atoms with Crippen LogP contribution < -0.4 is 5.43 Å². The lowest BCUT2D eigenvalue weighted by molar-refractivity contribution is 0.0945. The Labute approximate surface area is 133 Å². The predicted molar refractivity (Wildman–Crippen MR) is 82.1 cm³/mol. The third-order valence-electron chi connectivity index (χ3n) is 2.72. The van der Waals surface area contributed by atoms with Gasteiger partial charge < -0.3 is 0 Å². The molecule has 1 amide bonds. The number of nitrogens with one attached hydrogen (secondary N) is 1. The summed E-state index contributed by atoms with van der Waals surface area (Å²) in [5.41, 5.74) is 3.43. The molecule has 1 aromatic heterocycles. The lowest BCUT2D eigenvalue weighted by atomic mass is 10.2. The van der Waals surface area contributed by atoms with Crippen LogP contribution in [0.2, 0.25) is 5.02 Å². The lowest BCUT2D eigenvalue weighted by Gasteiger charge is -2.02. The normalized spacial score (nSPS) is 11.1. The van der Waals surface area contributed by atoms with Crippen LogP contribution in [0, 0.1) is 12.7 Å². The molecule has 0 atom stereocenters. The van der Waals surface area contributed by atoms with Crippen LogP contribution in [0.25, 0.3) is 0 Å². The highest BCUT2D eigenvalue weighted by Crippen LogP contribution is 2.20. The van der Waals surface area contributed by atoms with Crippen LogP contribution in [0.15, 0.2) is 27.8 Å². The zero-order chi connectivity index (χ0) is 15.6. The molecule has 0 radical (unpaired) electrons. The average molecular weight is 374 g/mol. The van der Waals surface area contributed by atoms with Gasteiger partial charge in [-0.1, -0.05) is 17.7 Å². The quantitative estimate of drug-likeness (QED) is 0.664. The Kier molecular flexibility index (Phi) is 4.74. The summed E-state index contributed by atoms with van der Waals surface area (Å²) in [4.78, 5) is 12.0. The number of benzene rings is 1.